The summed E-state index contributed by atoms with van der Waals surface area (Å²) in [6, 6.07) is 19.1. The Bertz CT molecular complexity index is 1200. The number of primary amides is 1. The average Bonchev–Trinajstić information content (AvgIpc) is 2.84. The third-order valence-electron chi connectivity index (χ3n) is 5.40. The zero-order valence-electron chi connectivity index (χ0n) is 19.2. The number of amides is 3. The molecule has 3 aromatic carbocycles. The molecular weight excluding hydrogens is 449 g/mol. The highest BCUT2D eigenvalue weighted by Gasteiger charge is 2.25. The Morgan fingerprint density at radius 1 is 0.743 bits per heavy atom. The van der Waals surface area contributed by atoms with Crippen molar-refractivity contribution in [3.8, 4) is 0 Å². The first-order valence-electron chi connectivity index (χ1n) is 11.0. The Morgan fingerprint density at radius 3 is 1.80 bits per heavy atom. The van der Waals surface area contributed by atoms with Crippen molar-refractivity contribution in [1.82, 2.24) is 10.6 Å². The van der Waals surface area contributed by atoms with Gasteiger partial charge in [0.2, 0.25) is 17.7 Å². The quantitative estimate of drug-likeness (QED) is 0.390. The molecule has 0 saturated heterocycles. The van der Waals surface area contributed by atoms with E-state index in [-0.39, 0.29) is 18.6 Å². The molecule has 0 aromatic heterocycles. The molecule has 0 heterocycles. The highest BCUT2D eigenvalue weighted by Crippen LogP contribution is 2.13. The normalized spacial score (nSPS) is 12.3. The Labute approximate surface area is 202 Å². The van der Waals surface area contributed by atoms with E-state index in [1.807, 2.05) is 6.07 Å². The highest BCUT2D eigenvalue weighted by atomic mass is 19.1. The van der Waals surface area contributed by atoms with E-state index in [1.54, 1.807) is 48.5 Å². The minimum absolute atomic E-state index is 0.101. The van der Waals surface area contributed by atoms with Crippen molar-refractivity contribution in [3.05, 3.63) is 107 Å². The summed E-state index contributed by atoms with van der Waals surface area (Å²) in [5, 5.41) is 5.15. The van der Waals surface area contributed by atoms with Crippen molar-refractivity contribution in [2.45, 2.75) is 31.8 Å². The molecule has 4 N–H and O–H groups in total. The molecule has 0 unspecified atom stereocenters. The summed E-state index contributed by atoms with van der Waals surface area (Å²) in [4.78, 5) is 49.2. The molecule has 0 aliphatic heterocycles. The fourth-order valence-corrected chi connectivity index (χ4v) is 3.59. The van der Waals surface area contributed by atoms with Gasteiger partial charge < -0.3 is 16.4 Å². The van der Waals surface area contributed by atoms with E-state index < -0.39 is 35.6 Å². The Hall–Kier alpha value is -4.33. The molecule has 3 aromatic rings. The van der Waals surface area contributed by atoms with Gasteiger partial charge in [0.05, 0.1) is 0 Å². The first-order valence-corrected chi connectivity index (χ1v) is 11.0. The molecule has 7 nitrogen and oxygen atoms in total. The second-order valence-electron chi connectivity index (χ2n) is 8.14. The van der Waals surface area contributed by atoms with Crippen LogP contribution < -0.4 is 16.4 Å². The molecule has 0 fully saturated rings. The lowest BCUT2D eigenvalue weighted by atomic mass is 9.99. The topological polar surface area (TPSA) is 118 Å². The minimum Gasteiger partial charge on any atom is -0.368 e. The Balaban J connectivity index is 1.69. The molecule has 0 spiro atoms. The first kappa shape index (κ1) is 25.3. The molecule has 3 amide bonds. The number of nitrogens with two attached hydrogens (primary N) is 1. The van der Waals surface area contributed by atoms with Crippen molar-refractivity contribution in [2.75, 3.05) is 0 Å². The fourth-order valence-electron chi connectivity index (χ4n) is 3.59. The second-order valence-corrected chi connectivity index (χ2v) is 8.14. The molecule has 2 atom stereocenters. The van der Waals surface area contributed by atoms with Crippen LogP contribution >= 0.6 is 0 Å². The molecule has 3 rings (SSSR count). The van der Waals surface area contributed by atoms with Gasteiger partial charge in [0.1, 0.15) is 17.9 Å². The van der Waals surface area contributed by atoms with E-state index in [0.717, 1.165) is 0 Å². The molecule has 0 bridgehead atoms. The number of hydrogen-bond acceptors (Lipinski definition) is 4. The summed E-state index contributed by atoms with van der Waals surface area (Å²) in [7, 11) is 0. The second kappa shape index (κ2) is 11.7. The van der Waals surface area contributed by atoms with Gasteiger partial charge in [-0.2, -0.15) is 0 Å². The van der Waals surface area contributed by atoms with Crippen LogP contribution in [-0.2, 0) is 27.2 Å². The summed E-state index contributed by atoms with van der Waals surface area (Å²) in [5.41, 5.74) is 7.90. The SMILES string of the molecule is CC(=O)N[C@H](Cc1ccc(F)cc1)C(=O)N[C@@H](Cc1ccc(C(=O)c2ccccc2)cc1)C(N)=O. The number of benzene rings is 3. The van der Waals surface area contributed by atoms with Gasteiger partial charge in [0.25, 0.3) is 0 Å². The van der Waals surface area contributed by atoms with Gasteiger partial charge in [-0.05, 0) is 23.3 Å². The highest BCUT2D eigenvalue weighted by molar-refractivity contribution is 6.08. The molecular formula is C27H26FN3O4. The lowest BCUT2D eigenvalue weighted by Gasteiger charge is -2.22. The number of carbonyl (C=O) groups excluding carboxylic acids is 4. The maximum Gasteiger partial charge on any atom is 0.243 e. The number of carbonyl (C=O) groups is 4. The van der Waals surface area contributed by atoms with Crippen LogP contribution in [0.3, 0.4) is 0 Å². The summed E-state index contributed by atoms with van der Waals surface area (Å²) < 4.78 is 13.2. The van der Waals surface area contributed by atoms with Crippen molar-refractivity contribution < 1.29 is 23.6 Å². The van der Waals surface area contributed by atoms with Crippen LogP contribution in [0.1, 0.15) is 34.0 Å². The lowest BCUT2D eigenvalue weighted by Crippen LogP contribution is -2.54. The monoisotopic (exact) mass is 475 g/mol. The van der Waals surface area contributed by atoms with Gasteiger partial charge in [-0.15, -0.1) is 0 Å². The van der Waals surface area contributed by atoms with Crippen LogP contribution in [0.15, 0.2) is 78.9 Å². The standard InChI is InChI=1S/C27H26FN3O4/c1-17(32)30-24(16-19-9-13-22(28)14-10-19)27(35)31-23(26(29)34)15-18-7-11-21(12-8-18)25(33)20-5-3-2-4-6-20/h2-14,23-24H,15-16H2,1H3,(H2,29,34)(H,30,32)(H,31,35)/t23-,24+/m0/s1. The van der Waals surface area contributed by atoms with E-state index in [0.29, 0.717) is 22.3 Å². The van der Waals surface area contributed by atoms with Crippen LogP contribution in [0, 0.1) is 5.82 Å². The smallest absolute Gasteiger partial charge is 0.243 e. The third-order valence-corrected chi connectivity index (χ3v) is 5.40. The maximum atomic E-state index is 13.2. The molecule has 8 heteroatoms. The van der Waals surface area contributed by atoms with Crippen molar-refractivity contribution in [2.24, 2.45) is 5.73 Å². The lowest BCUT2D eigenvalue weighted by molar-refractivity contribution is -0.130. The van der Waals surface area contributed by atoms with Gasteiger partial charge in [0.15, 0.2) is 5.78 Å². The number of ketones is 1. The molecule has 0 radical (unpaired) electrons. The molecule has 35 heavy (non-hydrogen) atoms. The minimum atomic E-state index is -1.04. The number of nitrogens with one attached hydrogen (secondary N) is 2. The van der Waals surface area contributed by atoms with Gasteiger partial charge in [-0.1, -0.05) is 66.7 Å². The van der Waals surface area contributed by atoms with Crippen molar-refractivity contribution in [1.29, 1.82) is 0 Å². The zero-order chi connectivity index (χ0) is 25.4. The largest absolute Gasteiger partial charge is 0.368 e. The van der Waals surface area contributed by atoms with Crippen LogP contribution in [0.2, 0.25) is 0 Å². The average molecular weight is 476 g/mol. The van der Waals surface area contributed by atoms with Gasteiger partial charge in [0, 0.05) is 30.9 Å². The van der Waals surface area contributed by atoms with Crippen molar-refractivity contribution in [3.63, 3.8) is 0 Å². The fraction of sp³-hybridized carbons (Fsp3) is 0.185. The number of rotatable bonds is 10. The van der Waals surface area contributed by atoms with Gasteiger partial charge in [-0.3, -0.25) is 19.2 Å². The molecule has 0 aliphatic carbocycles. The van der Waals surface area contributed by atoms with Crippen LogP contribution in [-0.4, -0.2) is 35.6 Å². The molecule has 0 saturated carbocycles. The predicted octanol–water partition coefficient (Wildman–Crippen LogP) is 2.32. The van der Waals surface area contributed by atoms with Crippen LogP contribution in [0.25, 0.3) is 0 Å². The predicted molar refractivity (Wildman–Crippen MR) is 129 cm³/mol. The van der Waals surface area contributed by atoms with Gasteiger partial charge in [-0.25, -0.2) is 4.39 Å². The summed E-state index contributed by atoms with van der Waals surface area (Å²) in [6.07, 6.45) is 0.206. The van der Waals surface area contributed by atoms with E-state index >= 15 is 0 Å². The van der Waals surface area contributed by atoms with E-state index in [1.165, 1.54) is 31.2 Å². The third kappa shape index (κ3) is 7.33. The van der Waals surface area contributed by atoms with Crippen LogP contribution in [0.4, 0.5) is 4.39 Å². The van der Waals surface area contributed by atoms with E-state index in [2.05, 4.69) is 10.6 Å². The molecule has 180 valence electrons. The maximum absolute atomic E-state index is 13.2. The zero-order valence-corrected chi connectivity index (χ0v) is 19.2. The molecule has 0 aliphatic rings. The summed E-state index contributed by atoms with van der Waals surface area (Å²) in [5.74, 6) is -2.31. The number of halogens is 1. The first-order chi connectivity index (χ1) is 16.7. The summed E-state index contributed by atoms with van der Waals surface area (Å²) >= 11 is 0. The number of hydrogen-bond donors (Lipinski definition) is 3. The summed E-state index contributed by atoms with van der Waals surface area (Å²) in [6.45, 7) is 1.27. The Morgan fingerprint density at radius 2 is 1.26 bits per heavy atom. The van der Waals surface area contributed by atoms with Crippen molar-refractivity contribution >= 4 is 23.5 Å². The van der Waals surface area contributed by atoms with Crippen LogP contribution in [0.5, 0.6) is 0 Å². The van der Waals surface area contributed by atoms with E-state index in [9.17, 15) is 23.6 Å². The van der Waals surface area contributed by atoms with E-state index in [4.69, 9.17) is 5.73 Å². The van der Waals surface area contributed by atoms with Gasteiger partial charge >= 0.3 is 0 Å². The Kier molecular flexibility index (Phi) is 8.45.